The number of hydrogen-bond donors (Lipinski definition) is 0. The zero-order chi connectivity index (χ0) is 43.2. The Balaban J connectivity index is 0.000000157. The largest absolute Gasteiger partial charge is 0.376 e. The van der Waals surface area contributed by atoms with Gasteiger partial charge in [-0.2, -0.15) is 18.2 Å². The fraction of sp³-hybridized carbons (Fsp3) is 0.0400. The summed E-state index contributed by atoms with van der Waals surface area (Å²) >= 11 is 14.5. The van der Waals surface area contributed by atoms with E-state index in [1.54, 1.807) is 48.5 Å². The molecule has 0 amide bonds. The topological polar surface area (TPSA) is 137 Å². The average Bonchev–Trinajstić information content (AvgIpc) is 3.26. The van der Waals surface area contributed by atoms with Gasteiger partial charge < -0.3 is 19.2 Å². The molecule has 2 radical (unpaired) electrons. The molecule has 302 valence electrons. The number of carbonyl (C=O) groups excluding carboxylic acids is 8. The summed E-state index contributed by atoms with van der Waals surface area (Å²) in [5, 5.41) is 11.9. The van der Waals surface area contributed by atoms with Gasteiger partial charge in [0.15, 0.2) is 23.1 Å². The van der Waals surface area contributed by atoms with Crippen LogP contribution in [0.4, 0.5) is 0 Å². The molecule has 0 aliphatic heterocycles. The molecular formula is C50H16Br4O8Y2-4. The van der Waals surface area contributed by atoms with Gasteiger partial charge in [-0.05, 0) is 55.0 Å². The fourth-order valence-electron chi connectivity index (χ4n) is 9.92. The number of hydrogen-bond acceptors (Lipinski definition) is 8. The van der Waals surface area contributed by atoms with Gasteiger partial charge in [0.05, 0.1) is 38.0 Å². The second-order valence-electron chi connectivity index (χ2n) is 15.2. The molecule has 0 atom stereocenters. The Morgan fingerprint density at radius 3 is 1.05 bits per heavy atom. The molecule has 8 nitrogen and oxygen atoms in total. The molecule has 0 saturated carbocycles. The van der Waals surface area contributed by atoms with Crippen LogP contribution in [-0.4, -0.2) is 48.3 Å². The Kier molecular flexibility index (Phi) is 11.8. The van der Waals surface area contributed by atoms with Crippen LogP contribution in [0.1, 0.15) is 76.5 Å². The summed E-state index contributed by atoms with van der Waals surface area (Å²) in [4.78, 5) is 97.4. The second-order valence-corrected chi connectivity index (χ2v) is 18.6. The minimum Gasteiger partial charge on any atom is -0.376 e. The normalized spacial score (nSPS) is 13.3. The van der Waals surface area contributed by atoms with Crippen LogP contribution in [0.15, 0.2) is 90.7 Å². The number of rotatable bonds is 4. The van der Waals surface area contributed by atoms with Gasteiger partial charge in [-0.25, -0.2) is 0 Å². The van der Waals surface area contributed by atoms with Crippen molar-refractivity contribution in [3.05, 3.63) is 135 Å². The van der Waals surface area contributed by atoms with Crippen LogP contribution < -0.4 is 0 Å². The fourth-order valence-corrected chi connectivity index (χ4v) is 12.5. The number of fused-ring (bicyclic) bond motifs is 4. The molecule has 64 heavy (non-hydrogen) atoms. The van der Waals surface area contributed by atoms with E-state index in [1.165, 1.54) is 0 Å². The molecule has 0 fully saturated rings. The Morgan fingerprint density at radius 1 is 0.312 bits per heavy atom. The monoisotopic (exact) mass is 1240 g/mol. The van der Waals surface area contributed by atoms with Crippen molar-refractivity contribution >= 4 is 198 Å². The molecular weight excluding hydrogens is 1230 g/mol. The summed E-state index contributed by atoms with van der Waals surface area (Å²) in [6, 6.07) is 20.9. The van der Waals surface area contributed by atoms with Crippen molar-refractivity contribution < 1.29 is 104 Å². The molecule has 0 aromatic heterocycles. The zero-order valence-corrected chi connectivity index (χ0v) is 44.3. The van der Waals surface area contributed by atoms with E-state index in [2.05, 4.69) is 63.7 Å². The zero-order valence-electron chi connectivity index (χ0n) is 32.3. The minimum absolute atomic E-state index is 0. The van der Waals surface area contributed by atoms with Crippen molar-refractivity contribution in [1.82, 2.24) is 0 Å². The van der Waals surface area contributed by atoms with E-state index in [0.717, 1.165) is 64.6 Å². The number of benzene rings is 10. The molecule has 2 aliphatic carbocycles. The first-order valence-corrected chi connectivity index (χ1v) is 21.9. The number of ketones is 4. The Morgan fingerprint density at radius 2 is 0.625 bits per heavy atom. The van der Waals surface area contributed by atoms with Crippen molar-refractivity contribution in [3.8, 4) is 0 Å². The Labute approximate surface area is 444 Å². The van der Waals surface area contributed by atoms with Gasteiger partial charge in [-0.15, -0.1) is 57.3 Å². The van der Waals surface area contributed by atoms with Gasteiger partial charge in [-0.1, -0.05) is 86.6 Å². The Bertz CT molecular complexity index is 3800. The maximum Gasteiger partial charge on any atom is 0.171 e. The van der Waals surface area contributed by atoms with Crippen LogP contribution in [0, 0.1) is 0 Å². The molecule has 10 aromatic carbocycles. The summed E-state index contributed by atoms with van der Waals surface area (Å²) < 4.78 is 2.79. The van der Waals surface area contributed by atoms with E-state index < -0.39 is 0 Å². The SMILES string of the molecule is O=[C-]c1ccc2c3c(Br)cc4c5c(cc(Br)c(c6ccc([C-]=O)c1c26)c53)C(=O)CC4=O.O=[C-]c1ccc2c3c(Br)cc4c5c(ccc(c6c(Br)cc([C-]=O)c1c26)c53)C(=O)CC4=O.[Y].[Y]. The minimum atomic E-state index is -0.203. The summed E-state index contributed by atoms with van der Waals surface area (Å²) in [7, 11) is 0. The predicted octanol–water partition coefficient (Wildman–Crippen LogP) is 11.9. The molecule has 0 N–H and O–H groups in total. The summed E-state index contributed by atoms with van der Waals surface area (Å²) in [6.45, 7) is 0. The van der Waals surface area contributed by atoms with Crippen molar-refractivity contribution in [1.29, 1.82) is 0 Å². The molecule has 0 bridgehead atoms. The van der Waals surface area contributed by atoms with Crippen molar-refractivity contribution in [3.63, 3.8) is 0 Å². The molecule has 0 heterocycles. The van der Waals surface area contributed by atoms with Gasteiger partial charge in [0.1, 0.15) is 0 Å². The van der Waals surface area contributed by atoms with E-state index in [0.29, 0.717) is 61.7 Å². The third-order valence-corrected chi connectivity index (χ3v) is 14.8. The van der Waals surface area contributed by atoms with E-state index in [1.807, 2.05) is 49.4 Å². The molecule has 10 aromatic rings. The molecule has 14 heteroatoms. The first-order valence-electron chi connectivity index (χ1n) is 18.8. The predicted molar refractivity (Wildman–Crippen MR) is 252 cm³/mol. The van der Waals surface area contributed by atoms with Crippen LogP contribution in [0.25, 0.3) is 86.2 Å². The molecule has 2 aliphatic rings. The van der Waals surface area contributed by atoms with Gasteiger partial charge >= 0.3 is 0 Å². The summed E-state index contributed by atoms with van der Waals surface area (Å²) in [5.41, 5.74) is 3.20. The molecule has 0 spiro atoms. The average molecular weight is 1240 g/mol. The first kappa shape index (κ1) is 45.4. The number of halogens is 4. The maximum atomic E-state index is 12.7. The number of Topliss-reactive ketones (excluding diaryl/α,β-unsaturated/α-hetero) is 4. The standard InChI is InChI=1S/2C25H8Br2O4.2Y/c26-16-5-14-18(30)7-19(31)15-6-17(27)24-13-4-2-11(9-29)20-10(8-28)1-3-12(21(13)20)23(16)25(24)22(14)15;26-16-5-11(9-29)20-10(8-28)1-2-13-23-17(27)6-15-19(31)7-18(30)12-3-4-14(22(16)24(13)20)25(23)21(12)15;;/h2*1-6H,7H2;;/q2*-2;;. The van der Waals surface area contributed by atoms with Crippen LogP contribution in [0.5, 0.6) is 0 Å². The van der Waals surface area contributed by atoms with Crippen LogP contribution >= 0.6 is 63.7 Å². The first-order chi connectivity index (χ1) is 29.9. The smallest absolute Gasteiger partial charge is 0.171 e. The van der Waals surface area contributed by atoms with Gasteiger partial charge in [-0.3, -0.25) is 19.2 Å². The second kappa shape index (κ2) is 16.6. The van der Waals surface area contributed by atoms with Gasteiger partial charge in [0.25, 0.3) is 0 Å². The van der Waals surface area contributed by atoms with Gasteiger partial charge in [0, 0.05) is 133 Å². The van der Waals surface area contributed by atoms with E-state index in [9.17, 15) is 38.4 Å². The van der Waals surface area contributed by atoms with Crippen molar-refractivity contribution in [2.24, 2.45) is 0 Å². The summed E-state index contributed by atoms with van der Waals surface area (Å²) in [6.07, 6.45) is 7.45. The molecule has 0 saturated heterocycles. The third-order valence-electron chi connectivity index (χ3n) is 12.3. The third kappa shape index (κ3) is 6.16. The van der Waals surface area contributed by atoms with E-state index >= 15 is 0 Å². The van der Waals surface area contributed by atoms with Crippen LogP contribution in [-0.2, 0) is 84.6 Å². The van der Waals surface area contributed by atoms with Crippen molar-refractivity contribution in [2.75, 3.05) is 0 Å². The van der Waals surface area contributed by atoms with Gasteiger partial charge in [0.2, 0.25) is 0 Å². The van der Waals surface area contributed by atoms with E-state index in [4.69, 9.17) is 0 Å². The molecule has 0 unspecified atom stereocenters. The van der Waals surface area contributed by atoms with Crippen molar-refractivity contribution in [2.45, 2.75) is 12.8 Å². The maximum absolute atomic E-state index is 12.7. The van der Waals surface area contributed by atoms with Crippen LogP contribution in [0.2, 0.25) is 0 Å². The quantitative estimate of drug-likeness (QED) is 0.0735. The summed E-state index contributed by atoms with van der Waals surface area (Å²) in [5.74, 6) is -0.797. The molecule has 12 rings (SSSR count). The Hall–Kier alpha value is -3.71. The van der Waals surface area contributed by atoms with Crippen LogP contribution in [0.3, 0.4) is 0 Å². The number of carbonyl (C=O) groups is 4. The van der Waals surface area contributed by atoms with E-state index in [-0.39, 0.29) is 124 Å².